The third-order valence-corrected chi connectivity index (χ3v) is 5.79. The predicted octanol–water partition coefficient (Wildman–Crippen LogP) is 7.17. The average Bonchev–Trinajstić information content (AvgIpc) is 2.60. The average molecular weight is 351 g/mol. The Balaban J connectivity index is 2.53. The molecular formula is C23H46N2. The lowest BCUT2D eigenvalue weighted by Crippen LogP contribution is -2.44. The van der Waals surface area contributed by atoms with Gasteiger partial charge >= 0.3 is 0 Å². The van der Waals surface area contributed by atoms with Crippen LogP contribution in [0.4, 0.5) is 0 Å². The molecule has 1 heterocycles. The maximum absolute atomic E-state index is 2.59. The smallest absolute Gasteiger partial charge is 0.0450 e. The van der Waals surface area contributed by atoms with Gasteiger partial charge in [-0.05, 0) is 31.6 Å². The van der Waals surface area contributed by atoms with Crippen molar-refractivity contribution in [2.45, 2.75) is 117 Å². The monoisotopic (exact) mass is 350 g/mol. The Morgan fingerprint density at radius 3 is 2.00 bits per heavy atom. The molecule has 1 aliphatic rings. The molecular weight excluding hydrogens is 304 g/mol. The highest BCUT2D eigenvalue weighted by Crippen LogP contribution is 2.23. The van der Waals surface area contributed by atoms with E-state index in [9.17, 15) is 0 Å². The second-order valence-electron chi connectivity index (χ2n) is 8.34. The van der Waals surface area contributed by atoms with Crippen molar-refractivity contribution in [2.24, 2.45) is 5.92 Å². The summed E-state index contributed by atoms with van der Waals surface area (Å²) in [6.45, 7) is 8.20. The van der Waals surface area contributed by atoms with Crippen LogP contribution < -0.4 is 0 Å². The highest BCUT2D eigenvalue weighted by Gasteiger charge is 2.20. The van der Waals surface area contributed by atoms with E-state index in [0.717, 1.165) is 5.92 Å². The lowest BCUT2D eigenvalue weighted by molar-refractivity contribution is -0.00566. The molecule has 0 radical (unpaired) electrons. The van der Waals surface area contributed by atoms with Gasteiger partial charge in [-0.25, -0.2) is 5.01 Å². The minimum absolute atomic E-state index is 0.706. The fourth-order valence-corrected chi connectivity index (χ4v) is 3.93. The molecule has 148 valence electrons. The summed E-state index contributed by atoms with van der Waals surface area (Å²) in [5, 5.41) is 5.08. The lowest BCUT2D eigenvalue weighted by Gasteiger charge is -2.39. The molecule has 0 aromatic rings. The van der Waals surface area contributed by atoms with Crippen LogP contribution in [0.2, 0.25) is 0 Å². The molecule has 0 spiro atoms. The highest BCUT2D eigenvalue weighted by atomic mass is 15.6. The zero-order valence-corrected chi connectivity index (χ0v) is 17.8. The van der Waals surface area contributed by atoms with Gasteiger partial charge in [0.05, 0.1) is 0 Å². The Morgan fingerprint density at radius 2 is 1.44 bits per heavy atom. The van der Waals surface area contributed by atoms with E-state index in [4.69, 9.17) is 0 Å². The van der Waals surface area contributed by atoms with E-state index in [1.165, 1.54) is 96.4 Å². The summed E-state index contributed by atoms with van der Waals surface area (Å²) in [7, 11) is 2.30. The number of nitrogens with zero attached hydrogens (tertiary/aromatic N) is 2. The fraction of sp³-hybridized carbons (Fsp3) is 0.913. The van der Waals surface area contributed by atoms with Gasteiger partial charge in [0, 0.05) is 25.8 Å². The zero-order valence-electron chi connectivity index (χ0n) is 17.8. The van der Waals surface area contributed by atoms with Crippen molar-refractivity contribution in [1.82, 2.24) is 10.0 Å². The fourth-order valence-electron chi connectivity index (χ4n) is 3.93. The first-order chi connectivity index (χ1) is 12.2. The molecule has 2 heteroatoms. The van der Waals surface area contributed by atoms with Crippen LogP contribution in [0.25, 0.3) is 0 Å². The van der Waals surface area contributed by atoms with Gasteiger partial charge in [-0.1, -0.05) is 91.1 Å². The number of hydrazine groups is 1. The van der Waals surface area contributed by atoms with E-state index in [0.29, 0.717) is 6.04 Å². The summed E-state index contributed by atoms with van der Waals surface area (Å²) in [6, 6.07) is 0.706. The van der Waals surface area contributed by atoms with Crippen LogP contribution in [-0.2, 0) is 0 Å². The van der Waals surface area contributed by atoms with Gasteiger partial charge < -0.3 is 5.01 Å². The van der Waals surface area contributed by atoms with Crippen LogP contribution in [0.3, 0.4) is 0 Å². The molecule has 0 aromatic carbocycles. The van der Waals surface area contributed by atoms with Gasteiger partial charge in [0.2, 0.25) is 0 Å². The molecule has 1 rings (SSSR count). The maximum Gasteiger partial charge on any atom is 0.0450 e. The van der Waals surface area contributed by atoms with Crippen LogP contribution in [0.1, 0.15) is 111 Å². The molecule has 0 fully saturated rings. The summed E-state index contributed by atoms with van der Waals surface area (Å²) >= 11 is 0. The summed E-state index contributed by atoms with van der Waals surface area (Å²) in [6.07, 6.45) is 24.1. The molecule has 0 bridgehead atoms. The molecule has 1 aliphatic heterocycles. The first kappa shape index (κ1) is 22.5. The molecule has 0 saturated heterocycles. The first-order valence-corrected chi connectivity index (χ1v) is 11.3. The highest BCUT2D eigenvalue weighted by molar-refractivity contribution is 4.88. The summed E-state index contributed by atoms with van der Waals surface area (Å²) in [5.74, 6) is 0.822. The maximum atomic E-state index is 2.59. The Morgan fingerprint density at radius 1 is 0.880 bits per heavy atom. The molecule has 0 amide bonds. The van der Waals surface area contributed by atoms with E-state index < -0.39 is 0 Å². The van der Waals surface area contributed by atoms with Gasteiger partial charge in [-0.15, -0.1) is 0 Å². The quantitative estimate of drug-likeness (QED) is 0.325. The van der Waals surface area contributed by atoms with Crippen molar-refractivity contribution in [3.05, 3.63) is 12.3 Å². The van der Waals surface area contributed by atoms with Crippen LogP contribution in [0.15, 0.2) is 12.3 Å². The first-order valence-electron chi connectivity index (χ1n) is 11.3. The topological polar surface area (TPSA) is 6.48 Å². The molecule has 0 saturated carbocycles. The third-order valence-electron chi connectivity index (χ3n) is 5.79. The second kappa shape index (κ2) is 14.6. The van der Waals surface area contributed by atoms with E-state index >= 15 is 0 Å². The minimum Gasteiger partial charge on any atom is -0.311 e. The Kier molecular flexibility index (Phi) is 13.2. The Hall–Kier alpha value is -0.500. The van der Waals surface area contributed by atoms with E-state index in [1.807, 2.05) is 0 Å². The SMILES string of the molecule is CCCCCCCC(CCCCCCC)N1/C=C\CC(C)CCN1C. The van der Waals surface area contributed by atoms with Gasteiger partial charge in [0.15, 0.2) is 0 Å². The standard InChI is InChI=1S/C23H46N2/c1-5-7-9-11-13-17-23(18-14-12-10-8-6-2)25-20-15-16-22(3)19-21-24(25)4/h15,20,22-23H,5-14,16-19,21H2,1-4H3/b20-15-. The summed E-state index contributed by atoms with van der Waals surface area (Å²) < 4.78 is 0. The number of unbranched alkanes of at least 4 members (excludes halogenated alkanes) is 8. The normalized spacial score (nSPS) is 20.7. The molecule has 0 aromatic heterocycles. The van der Waals surface area contributed by atoms with Gasteiger partial charge in [0.1, 0.15) is 0 Å². The molecule has 1 unspecified atom stereocenters. The number of rotatable bonds is 13. The lowest BCUT2D eigenvalue weighted by atomic mass is 9.99. The van der Waals surface area contributed by atoms with Gasteiger partial charge in [-0.3, -0.25) is 0 Å². The molecule has 2 nitrogen and oxygen atoms in total. The zero-order chi connectivity index (χ0) is 18.3. The van der Waals surface area contributed by atoms with E-state index in [-0.39, 0.29) is 0 Å². The molecule has 25 heavy (non-hydrogen) atoms. The van der Waals surface area contributed by atoms with Crippen LogP contribution in [0, 0.1) is 5.92 Å². The predicted molar refractivity (Wildman–Crippen MR) is 113 cm³/mol. The number of allylic oxidation sites excluding steroid dienone is 1. The van der Waals surface area contributed by atoms with Crippen molar-refractivity contribution in [3.63, 3.8) is 0 Å². The summed E-state index contributed by atoms with van der Waals surface area (Å²) in [4.78, 5) is 0. The molecule has 1 atom stereocenters. The molecule has 0 aliphatic carbocycles. The summed E-state index contributed by atoms with van der Waals surface area (Å²) in [5.41, 5.74) is 0. The van der Waals surface area contributed by atoms with Gasteiger partial charge in [-0.2, -0.15) is 0 Å². The second-order valence-corrected chi connectivity index (χ2v) is 8.34. The van der Waals surface area contributed by atoms with Crippen LogP contribution in [0.5, 0.6) is 0 Å². The van der Waals surface area contributed by atoms with Crippen molar-refractivity contribution < 1.29 is 0 Å². The number of hydrogen-bond acceptors (Lipinski definition) is 2. The van der Waals surface area contributed by atoms with Gasteiger partial charge in [0.25, 0.3) is 0 Å². The van der Waals surface area contributed by atoms with Crippen molar-refractivity contribution >= 4 is 0 Å². The van der Waals surface area contributed by atoms with Crippen molar-refractivity contribution in [3.8, 4) is 0 Å². The Bertz CT molecular complexity index is 312. The largest absolute Gasteiger partial charge is 0.311 e. The van der Waals surface area contributed by atoms with E-state index in [2.05, 4.69) is 50.1 Å². The third kappa shape index (κ3) is 10.3. The van der Waals surface area contributed by atoms with Crippen LogP contribution >= 0.6 is 0 Å². The van der Waals surface area contributed by atoms with Crippen LogP contribution in [-0.4, -0.2) is 29.7 Å². The Labute approximate surface area is 159 Å². The van der Waals surface area contributed by atoms with Crippen molar-refractivity contribution in [1.29, 1.82) is 0 Å². The van der Waals surface area contributed by atoms with Crippen molar-refractivity contribution in [2.75, 3.05) is 13.6 Å². The van der Waals surface area contributed by atoms with E-state index in [1.54, 1.807) is 0 Å². The minimum atomic E-state index is 0.706. The number of hydrogen-bond donors (Lipinski definition) is 0. The molecule has 0 N–H and O–H groups in total.